The van der Waals surface area contributed by atoms with Crippen LogP contribution in [0.15, 0.2) is 78.9 Å². The second-order valence-electron chi connectivity index (χ2n) is 8.71. The lowest BCUT2D eigenvalue weighted by Gasteiger charge is -2.17. The molecule has 0 aliphatic carbocycles. The van der Waals surface area contributed by atoms with Gasteiger partial charge < -0.3 is 9.47 Å². The molecule has 0 aliphatic heterocycles. The van der Waals surface area contributed by atoms with Crippen LogP contribution in [0, 0.1) is 0 Å². The molecular weight excluding hydrogens is 497 g/mol. The van der Waals surface area contributed by atoms with Gasteiger partial charge in [0.1, 0.15) is 11.5 Å². The Morgan fingerprint density at radius 3 is 2.00 bits per heavy atom. The van der Waals surface area contributed by atoms with Crippen LogP contribution in [0.25, 0.3) is 0 Å². The number of thioether (sulfide) groups is 1. The fourth-order valence-electron chi connectivity index (χ4n) is 3.83. The average molecular weight is 531 g/mol. The summed E-state index contributed by atoms with van der Waals surface area (Å²) in [6.07, 6.45) is 0.241. The number of ether oxygens (including phenoxy) is 2. The van der Waals surface area contributed by atoms with Gasteiger partial charge in [-0.25, -0.2) is 0 Å². The minimum atomic E-state index is -4.88. The summed E-state index contributed by atoms with van der Waals surface area (Å²) in [7, 11) is 0. The molecular formula is C30H33F3O3S. The first-order valence-electron chi connectivity index (χ1n) is 12.6. The minimum absolute atomic E-state index is 0.349. The maximum Gasteiger partial charge on any atom is 0.454 e. The van der Waals surface area contributed by atoms with E-state index in [1.54, 1.807) is 0 Å². The quantitative estimate of drug-likeness (QED) is 0.146. The Morgan fingerprint density at radius 2 is 1.43 bits per heavy atom. The average Bonchev–Trinajstić information content (AvgIpc) is 2.91. The van der Waals surface area contributed by atoms with E-state index in [1.165, 1.54) is 23.3 Å². The summed E-state index contributed by atoms with van der Waals surface area (Å²) in [6.45, 7) is 3.01. The molecule has 0 fully saturated rings. The zero-order valence-corrected chi connectivity index (χ0v) is 21.8. The van der Waals surface area contributed by atoms with Crippen LogP contribution in [0.3, 0.4) is 0 Å². The maximum absolute atomic E-state index is 12.5. The molecule has 7 heteroatoms. The molecule has 0 saturated heterocycles. The summed E-state index contributed by atoms with van der Waals surface area (Å²) in [5.74, 6) is 0.476. The minimum Gasteiger partial charge on any atom is -0.493 e. The zero-order chi connectivity index (χ0) is 26.5. The Hall–Kier alpha value is -2.93. The lowest BCUT2D eigenvalue weighted by Crippen LogP contribution is -2.22. The SMILES string of the molecule is CCCSC(CCCc1ccccc1)c1ccc(OCCCOc2ccc(C(=O)C(F)(F)F)cc2)cc1. The molecule has 0 N–H and O–H groups in total. The second-order valence-corrected chi connectivity index (χ2v) is 10.0. The molecule has 3 aromatic carbocycles. The molecule has 37 heavy (non-hydrogen) atoms. The predicted octanol–water partition coefficient (Wildman–Crippen LogP) is 8.49. The fourth-order valence-corrected chi connectivity index (χ4v) is 5.03. The first-order chi connectivity index (χ1) is 17.9. The van der Waals surface area contributed by atoms with Crippen molar-refractivity contribution in [3.63, 3.8) is 0 Å². The van der Waals surface area contributed by atoms with Gasteiger partial charge in [0.2, 0.25) is 0 Å². The van der Waals surface area contributed by atoms with Crippen LogP contribution in [0.4, 0.5) is 13.2 Å². The smallest absolute Gasteiger partial charge is 0.454 e. The highest BCUT2D eigenvalue weighted by Gasteiger charge is 2.39. The molecule has 0 aliphatic rings. The summed E-state index contributed by atoms with van der Waals surface area (Å²) in [4.78, 5) is 11.2. The highest BCUT2D eigenvalue weighted by molar-refractivity contribution is 7.99. The van der Waals surface area contributed by atoms with Crippen molar-refractivity contribution >= 4 is 17.5 Å². The number of alkyl halides is 3. The number of ketones is 1. The maximum atomic E-state index is 12.5. The Bertz CT molecular complexity index is 1070. The van der Waals surface area contributed by atoms with E-state index in [9.17, 15) is 18.0 Å². The molecule has 1 atom stereocenters. The number of hydrogen-bond acceptors (Lipinski definition) is 4. The third-order valence-corrected chi connectivity index (χ3v) is 7.30. The molecule has 3 nitrogen and oxygen atoms in total. The fraction of sp³-hybridized carbons (Fsp3) is 0.367. The van der Waals surface area contributed by atoms with Crippen LogP contribution in [-0.4, -0.2) is 30.9 Å². The molecule has 0 heterocycles. The van der Waals surface area contributed by atoms with Crippen LogP contribution in [0.5, 0.6) is 11.5 Å². The standard InChI is InChI=1S/C30H33F3O3S/c1-2-22-37-28(11-6-10-23-8-4-3-5-9-23)24-12-16-26(17-13-24)35-20-7-21-36-27-18-14-25(15-19-27)29(34)30(31,32)33/h3-5,8-9,12-19,28H,2,6-7,10-11,20-22H2,1H3. The predicted molar refractivity (Wildman–Crippen MR) is 144 cm³/mol. The van der Waals surface area contributed by atoms with E-state index in [2.05, 4.69) is 43.3 Å². The Kier molecular flexibility index (Phi) is 11.4. The lowest BCUT2D eigenvalue weighted by molar-refractivity contribution is -0.0885. The molecule has 0 saturated carbocycles. The lowest BCUT2D eigenvalue weighted by atomic mass is 10.0. The number of Topliss-reactive ketones (excluding diaryl/α,β-unsaturated/α-hetero) is 1. The van der Waals surface area contributed by atoms with E-state index in [1.807, 2.05) is 30.0 Å². The summed E-state index contributed by atoms with van der Waals surface area (Å²) in [6, 6.07) is 23.9. The Balaban J connectivity index is 1.40. The summed E-state index contributed by atoms with van der Waals surface area (Å²) < 4.78 is 48.8. The summed E-state index contributed by atoms with van der Waals surface area (Å²) in [5.41, 5.74) is 2.29. The van der Waals surface area contributed by atoms with E-state index in [-0.39, 0.29) is 0 Å². The third-order valence-electron chi connectivity index (χ3n) is 5.75. The van der Waals surface area contributed by atoms with Gasteiger partial charge in [0.05, 0.1) is 13.2 Å². The number of hydrogen-bond donors (Lipinski definition) is 0. The van der Waals surface area contributed by atoms with Gasteiger partial charge in [-0.15, -0.1) is 0 Å². The number of carbonyl (C=O) groups excluding carboxylic acids is 1. The van der Waals surface area contributed by atoms with Crippen molar-refractivity contribution in [3.8, 4) is 11.5 Å². The van der Waals surface area contributed by atoms with Gasteiger partial charge in [-0.1, -0.05) is 49.4 Å². The molecule has 0 amide bonds. The molecule has 0 radical (unpaired) electrons. The highest BCUT2D eigenvalue weighted by Crippen LogP contribution is 2.35. The van der Waals surface area contributed by atoms with Gasteiger partial charge in [0.25, 0.3) is 5.78 Å². The van der Waals surface area contributed by atoms with Crippen molar-refractivity contribution in [1.29, 1.82) is 0 Å². The van der Waals surface area contributed by atoms with Crippen molar-refractivity contribution in [2.45, 2.75) is 50.5 Å². The van der Waals surface area contributed by atoms with Gasteiger partial charge in [0, 0.05) is 17.2 Å². The molecule has 198 valence electrons. The van der Waals surface area contributed by atoms with Gasteiger partial charge in [-0.3, -0.25) is 4.79 Å². The van der Waals surface area contributed by atoms with E-state index >= 15 is 0 Å². The monoisotopic (exact) mass is 530 g/mol. The van der Waals surface area contributed by atoms with E-state index < -0.39 is 17.5 Å². The second kappa shape index (κ2) is 14.7. The van der Waals surface area contributed by atoms with Crippen LogP contribution in [0.1, 0.15) is 59.3 Å². The Morgan fingerprint density at radius 1 is 0.838 bits per heavy atom. The number of rotatable bonds is 15. The summed E-state index contributed by atoms with van der Waals surface area (Å²) >= 11 is 2.01. The third kappa shape index (κ3) is 9.80. The molecule has 3 aromatic rings. The van der Waals surface area contributed by atoms with Gasteiger partial charge in [-0.05, 0) is 79.0 Å². The number of benzene rings is 3. The highest BCUT2D eigenvalue weighted by atomic mass is 32.2. The first kappa shape index (κ1) is 28.6. The van der Waals surface area contributed by atoms with Gasteiger partial charge >= 0.3 is 6.18 Å². The topological polar surface area (TPSA) is 35.5 Å². The summed E-state index contributed by atoms with van der Waals surface area (Å²) in [5, 5.41) is 0.462. The molecule has 3 rings (SSSR count). The van der Waals surface area contributed by atoms with Gasteiger partial charge in [-0.2, -0.15) is 24.9 Å². The van der Waals surface area contributed by atoms with Gasteiger partial charge in [0.15, 0.2) is 0 Å². The Labute approximate surface area is 221 Å². The van der Waals surface area contributed by atoms with E-state index in [0.717, 1.165) is 49.3 Å². The van der Waals surface area contributed by atoms with Crippen molar-refractivity contribution in [2.75, 3.05) is 19.0 Å². The molecule has 0 aromatic heterocycles. The van der Waals surface area contributed by atoms with E-state index in [0.29, 0.717) is 30.6 Å². The van der Waals surface area contributed by atoms with Crippen molar-refractivity contribution in [1.82, 2.24) is 0 Å². The van der Waals surface area contributed by atoms with Crippen molar-refractivity contribution in [2.24, 2.45) is 0 Å². The van der Waals surface area contributed by atoms with Crippen molar-refractivity contribution < 1.29 is 27.4 Å². The first-order valence-corrected chi connectivity index (χ1v) is 13.6. The number of aryl methyl sites for hydroxylation is 1. The van der Waals surface area contributed by atoms with Crippen LogP contribution < -0.4 is 9.47 Å². The van der Waals surface area contributed by atoms with Crippen molar-refractivity contribution in [3.05, 3.63) is 95.6 Å². The molecule has 0 spiro atoms. The van der Waals surface area contributed by atoms with Crippen LogP contribution in [0.2, 0.25) is 0 Å². The molecule has 1 unspecified atom stereocenters. The molecule has 0 bridgehead atoms. The van der Waals surface area contributed by atoms with E-state index in [4.69, 9.17) is 9.47 Å². The number of halogens is 3. The number of carbonyl (C=O) groups is 1. The largest absolute Gasteiger partial charge is 0.493 e. The van der Waals surface area contributed by atoms with Crippen LogP contribution >= 0.6 is 11.8 Å². The van der Waals surface area contributed by atoms with Crippen LogP contribution in [-0.2, 0) is 6.42 Å². The normalized spacial score (nSPS) is 12.2. The zero-order valence-electron chi connectivity index (χ0n) is 21.0.